The van der Waals surface area contributed by atoms with Gasteiger partial charge in [-0.15, -0.1) is 0 Å². The summed E-state index contributed by atoms with van der Waals surface area (Å²) >= 11 is 0. The molecular formula is C14H21NO3. The standard InChI is InChI=1S/C14H21NO3/c1-12(16)11-15(10-6-5-9-14(17)18)13-7-3-2-4-8-13/h2-4,7-8,12,16H,5-6,9-11H2,1H3,(H,17,18). The summed E-state index contributed by atoms with van der Waals surface area (Å²) in [6.45, 7) is 3.09. The van der Waals surface area contributed by atoms with Gasteiger partial charge in [0.15, 0.2) is 0 Å². The van der Waals surface area contributed by atoms with E-state index in [0.717, 1.165) is 18.7 Å². The molecule has 0 aliphatic rings. The first kappa shape index (κ1) is 14.5. The van der Waals surface area contributed by atoms with Crippen LogP contribution in [-0.4, -0.2) is 35.4 Å². The van der Waals surface area contributed by atoms with Crippen LogP contribution in [0, 0.1) is 0 Å². The predicted molar refractivity (Wildman–Crippen MR) is 71.8 cm³/mol. The number of unbranched alkanes of at least 4 members (excludes halogenated alkanes) is 1. The zero-order chi connectivity index (χ0) is 13.4. The number of hydrogen-bond donors (Lipinski definition) is 2. The number of carbonyl (C=O) groups is 1. The van der Waals surface area contributed by atoms with Crippen molar-refractivity contribution in [1.29, 1.82) is 0 Å². The van der Waals surface area contributed by atoms with Crippen LogP contribution in [-0.2, 0) is 4.79 Å². The molecule has 0 amide bonds. The highest BCUT2D eigenvalue weighted by Crippen LogP contribution is 2.14. The second-order valence-corrected chi connectivity index (χ2v) is 4.48. The van der Waals surface area contributed by atoms with Crippen LogP contribution >= 0.6 is 0 Å². The summed E-state index contributed by atoms with van der Waals surface area (Å²) in [5.74, 6) is -0.753. The molecule has 0 spiro atoms. The normalized spacial score (nSPS) is 12.1. The van der Waals surface area contributed by atoms with Crippen LogP contribution in [0.5, 0.6) is 0 Å². The van der Waals surface area contributed by atoms with Gasteiger partial charge in [-0.3, -0.25) is 4.79 Å². The van der Waals surface area contributed by atoms with E-state index in [4.69, 9.17) is 5.11 Å². The van der Waals surface area contributed by atoms with E-state index in [-0.39, 0.29) is 6.42 Å². The Bertz CT molecular complexity index is 351. The molecular weight excluding hydrogens is 230 g/mol. The Morgan fingerprint density at radius 3 is 2.50 bits per heavy atom. The summed E-state index contributed by atoms with van der Waals surface area (Å²) in [6, 6.07) is 9.87. The maximum absolute atomic E-state index is 10.4. The zero-order valence-electron chi connectivity index (χ0n) is 10.7. The topological polar surface area (TPSA) is 60.8 Å². The molecule has 1 rings (SSSR count). The third-order valence-corrected chi connectivity index (χ3v) is 2.67. The number of aliphatic hydroxyl groups is 1. The molecule has 100 valence electrons. The Morgan fingerprint density at radius 1 is 1.28 bits per heavy atom. The van der Waals surface area contributed by atoms with Crippen molar-refractivity contribution < 1.29 is 15.0 Å². The van der Waals surface area contributed by atoms with Crippen molar-refractivity contribution in [3.8, 4) is 0 Å². The van der Waals surface area contributed by atoms with E-state index in [1.165, 1.54) is 0 Å². The van der Waals surface area contributed by atoms with Crippen molar-refractivity contribution in [2.24, 2.45) is 0 Å². The minimum absolute atomic E-state index is 0.206. The van der Waals surface area contributed by atoms with Crippen molar-refractivity contribution in [3.05, 3.63) is 30.3 Å². The molecule has 0 aliphatic heterocycles. The minimum atomic E-state index is -0.753. The molecule has 0 fully saturated rings. The van der Waals surface area contributed by atoms with Gasteiger partial charge in [0, 0.05) is 25.2 Å². The summed E-state index contributed by atoms with van der Waals surface area (Å²) in [7, 11) is 0. The highest BCUT2D eigenvalue weighted by molar-refractivity contribution is 5.66. The van der Waals surface area contributed by atoms with Crippen molar-refractivity contribution in [2.45, 2.75) is 32.3 Å². The van der Waals surface area contributed by atoms with Crippen LogP contribution in [0.15, 0.2) is 30.3 Å². The molecule has 1 unspecified atom stereocenters. The number of nitrogens with zero attached hydrogens (tertiary/aromatic N) is 1. The Balaban J connectivity index is 2.49. The Kier molecular flexibility index (Phi) is 6.22. The molecule has 4 nitrogen and oxygen atoms in total. The molecule has 0 saturated carbocycles. The van der Waals surface area contributed by atoms with E-state index in [9.17, 15) is 9.90 Å². The van der Waals surface area contributed by atoms with Gasteiger partial charge in [0.25, 0.3) is 0 Å². The number of aliphatic carboxylic acids is 1. The van der Waals surface area contributed by atoms with Gasteiger partial charge >= 0.3 is 5.97 Å². The quantitative estimate of drug-likeness (QED) is 0.695. The first-order chi connectivity index (χ1) is 8.59. The van der Waals surface area contributed by atoms with Crippen LogP contribution in [0.25, 0.3) is 0 Å². The fraction of sp³-hybridized carbons (Fsp3) is 0.500. The van der Waals surface area contributed by atoms with Gasteiger partial charge in [0.1, 0.15) is 0 Å². The molecule has 1 atom stereocenters. The van der Waals surface area contributed by atoms with Gasteiger partial charge in [0.05, 0.1) is 6.10 Å². The van der Waals surface area contributed by atoms with Crippen molar-refractivity contribution in [1.82, 2.24) is 0 Å². The van der Waals surface area contributed by atoms with E-state index in [2.05, 4.69) is 4.90 Å². The predicted octanol–water partition coefficient (Wildman–Crippen LogP) is 2.13. The molecule has 0 radical (unpaired) electrons. The number of aliphatic hydroxyl groups excluding tert-OH is 1. The number of para-hydroxylation sites is 1. The summed E-state index contributed by atoms with van der Waals surface area (Å²) in [4.78, 5) is 12.5. The Labute approximate surface area is 108 Å². The highest BCUT2D eigenvalue weighted by Gasteiger charge is 2.09. The molecule has 0 aliphatic carbocycles. The van der Waals surface area contributed by atoms with Crippen molar-refractivity contribution >= 4 is 11.7 Å². The van der Waals surface area contributed by atoms with E-state index in [1.807, 2.05) is 30.3 Å². The lowest BCUT2D eigenvalue weighted by Crippen LogP contribution is -2.31. The summed E-state index contributed by atoms with van der Waals surface area (Å²) in [5.41, 5.74) is 1.06. The van der Waals surface area contributed by atoms with Gasteiger partial charge in [-0.25, -0.2) is 0 Å². The number of rotatable bonds is 8. The van der Waals surface area contributed by atoms with E-state index in [0.29, 0.717) is 13.0 Å². The third kappa shape index (κ3) is 5.68. The number of carboxylic acids is 1. The lowest BCUT2D eigenvalue weighted by molar-refractivity contribution is -0.137. The van der Waals surface area contributed by atoms with E-state index < -0.39 is 12.1 Å². The maximum Gasteiger partial charge on any atom is 0.303 e. The molecule has 4 heteroatoms. The number of benzene rings is 1. The Morgan fingerprint density at radius 2 is 1.94 bits per heavy atom. The largest absolute Gasteiger partial charge is 0.481 e. The number of hydrogen-bond acceptors (Lipinski definition) is 3. The molecule has 0 aromatic heterocycles. The maximum atomic E-state index is 10.4. The fourth-order valence-electron chi connectivity index (χ4n) is 1.86. The number of anilines is 1. The first-order valence-electron chi connectivity index (χ1n) is 6.29. The second kappa shape index (κ2) is 7.71. The monoisotopic (exact) mass is 251 g/mol. The number of carboxylic acid groups (broad SMARTS) is 1. The van der Waals surface area contributed by atoms with Gasteiger partial charge in [-0.1, -0.05) is 18.2 Å². The summed E-state index contributed by atoms with van der Waals surface area (Å²) in [5, 5.41) is 18.1. The molecule has 2 N–H and O–H groups in total. The average Bonchev–Trinajstić information content (AvgIpc) is 2.33. The van der Waals surface area contributed by atoms with Crippen molar-refractivity contribution in [3.63, 3.8) is 0 Å². The van der Waals surface area contributed by atoms with Crippen LogP contribution in [0.3, 0.4) is 0 Å². The Hall–Kier alpha value is -1.55. The average molecular weight is 251 g/mol. The van der Waals surface area contributed by atoms with Crippen LogP contribution in [0.2, 0.25) is 0 Å². The second-order valence-electron chi connectivity index (χ2n) is 4.48. The first-order valence-corrected chi connectivity index (χ1v) is 6.29. The van der Waals surface area contributed by atoms with Crippen LogP contribution in [0.1, 0.15) is 26.2 Å². The van der Waals surface area contributed by atoms with E-state index >= 15 is 0 Å². The van der Waals surface area contributed by atoms with Gasteiger partial charge in [0.2, 0.25) is 0 Å². The lowest BCUT2D eigenvalue weighted by Gasteiger charge is -2.26. The van der Waals surface area contributed by atoms with E-state index in [1.54, 1.807) is 6.92 Å². The van der Waals surface area contributed by atoms with Gasteiger partial charge in [-0.05, 0) is 31.9 Å². The summed E-state index contributed by atoms with van der Waals surface area (Å²) < 4.78 is 0. The van der Waals surface area contributed by atoms with Crippen LogP contribution < -0.4 is 4.90 Å². The molecule has 0 heterocycles. The highest BCUT2D eigenvalue weighted by atomic mass is 16.4. The molecule has 0 saturated heterocycles. The van der Waals surface area contributed by atoms with Gasteiger partial charge in [-0.2, -0.15) is 0 Å². The zero-order valence-corrected chi connectivity index (χ0v) is 10.7. The van der Waals surface area contributed by atoms with Crippen molar-refractivity contribution in [2.75, 3.05) is 18.0 Å². The molecule has 0 bridgehead atoms. The third-order valence-electron chi connectivity index (χ3n) is 2.67. The summed E-state index contributed by atoms with van der Waals surface area (Å²) in [6.07, 6.45) is 1.29. The molecule has 1 aromatic carbocycles. The molecule has 1 aromatic rings. The molecule has 18 heavy (non-hydrogen) atoms. The minimum Gasteiger partial charge on any atom is -0.481 e. The lowest BCUT2D eigenvalue weighted by atomic mass is 10.2. The SMILES string of the molecule is CC(O)CN(CCCCC(=O)O)c1ccccc1. The smallest absolute Gasteiger partial charge is 0.303 e. The van der Waals surface area contributed by atoms with Gasteiger partial charge < -0.3 is 15.1 Å². The van der Waals surface area contributed by atoms with Crippen LogP contribution in [0.4, 0.5) is 5.69 Å². The fourth-order valence-corrected chi connectivity index (χ4v) is 1.86.